The molecule has 0 heterocycles. The molecule has 0 aliphatic carbocycles. The van der Waals surface area contributed by atoms with Crippen LogP contribution in [0.15, 0.2) is 88.6 Å². The van der Waals surface area contributed by atoms with E-state index < -0.39 is 16.1 Å². The Kier molecular flexibility index (Phi) is 7.47. The van der Waals surface area contributed by atoms with Gasteiger partial charge in [-0.25, -0.2) is 0 Å². The smallest absolute Gasteiger partial charge is 0.0791 e. The molecule has 2 aromatic rings. The highest BCUT2D eigenvalue weighted by Crippen LogP contribution is 2.23. The molecule has 0 saturated heterocycles. The molecule has 0 atom stereocenters. The zero-order chi connectivity index (χ0) is 20.6. The third kappa shape index (κ3) is 7.61. The standard InChI is InChI=1S/C26H30Si2/c1-27(2,3)21-13-18-26(28(4,5)6)25(22-24-16-11-8-12-17-24)20-19-23-14-9-7-10-15-23/h7-12,14-17,21-22H,1-6H3. The Morgan fingerprint density at radius 2 is 1.36 bits per heavy atom. The minimum Gasteiger partial charge on any atom is -0.0791 e. The van der Waals surface area contributed by atoms with Crippen molar-refractivity contribution in [3.63, 3.8) is 0 Å². The molecule has 0 aliphatic rings. The van der Waals surface area contributed by atoms with Crippen molar-refractivity contribution in [1.29, 1.82) is 0 Å². The van der Waals surface area contributed by atoms with Crippen LogP contribution in [0.25, 0.3) is 6.08 Å². The molecule has 0 saturated carbocycles. The molecular formula is C26H30Si2. The van der Waals surface area contributed by atoms with Gasteiger partial charge in [0, 0.05) is 16.3 Å². The second-order valence-corrected chi connectivity index (χ2v) is 19.0. The van der Waals surface area contributed by atoms with Gasteiger partial charge in [0.25, 0.3) is 0 Å². The summed E-state index contributed by atoms with van der Waals surface area (Å²) < 4.78 is 0. The number of rotatable bonds is 4. The summed E-state index contributed by atoms with van der Waals surface area (Å²) in [5.41, 5.74) is 12.3. The van der Waals surface area contributed by atoms with E-state index in [4.69, 9.17) is 0 Å². The van der Waals surface area contributed by atoms with Crippen LogP contribution in [0.1, 0.15) is 11.1 Å². The summed E-state index contributed by atoms with van der Waals surface area (Å²) in [6.45, 7) is 14.0. The Morgan fingerprint density at radius 3 is 1.89 bits per heavy atom. The van der Waals surface area contributed by atoms with Crippen molar-refractivity contribution < 1.29 is 0 Å². The van der Waals surface area contributed by atoms with E-state index in [2.05, 4.69) is 98.6 Å². The lowest BCUT2D eigenvalue weighted by Crippen LogP contribution is -2.24. The molecule has 0 fully saturated rings. The molecule has 0 radical (unpaired) electrons. The third-order valence-corrected chi connectivity index (χ3v) is 6.85. The molecule has 0 unspecified atom stereocenters. The minimum absolute atomic E-state index is 1.03. The highest BCUT2D eigenvalue weighted by atomic mass is 28.3. The fraction of sp³-hybridized carbons (Fsp3) is 0.231. The van der Waals surface area contributed by atoms with E-state index in [1.165, 1.54) is 5.20 Å². The van der Waals surface area contributed by atoms with Crippen molar-refractivity contribution in [2.75, 3.05) is 0 Å². The fourth-order valence-electron chi connectivity index (χ4n) is 2.53. The Morgan fingerprint density at radius 1 is 0.786 bits per heavy atom. The van der Waals surface area contributed by atoms with Gasteiger partial charge in [-0.05, 0) is 29.5 Å². The van der Waals surface area contributed by atoms with E-state index in [9.17, 15) is 0 Å². The molecule has 2 rings (SSSR count). The van der Waals surface area contributed by atoms with Crippen molar-refractivity contribution in [2.24, 2.45) is 0 Å². The zero-order valence-corrected chi connectivity index (χ0v) is 19.9. The Bertz CT molecular complexity index is 974. The molecule has 0 bridgehead atoms. The number of allylic oxidation sites excluding steroid dienone is 2. The lowest BCUT2D eigenvalue weighted by Gasteiger charge is -2.18. The molecule has 0 N–H and O–H groups in total. The summed E-state index contributed by atoms with van der Waals surface area (Å²) >= 11 is 0. The van der Waals surface area contributed by atoms with E-state index in [1.54, 1.807) is 0 Å². The number of hydrogen-bond acceptors (Lipinski definition) is 0. The van der Waals surface area contributed by atoms with Gasteiger partial charge in [0.15, 0.2) is 0 Å². The molecule has 0 amide bonds. The van der Waals surface area contributed by atoms with Gasteiger partial charge in [-0.15, -0.1) is 0 Å². The summed E-state index contributed by atoms with van der Waals surface area (Å²) in [5.74, 6) is 6.78. The van der Waals surface area contributed by atoms with Crippen LogP contribution in [0.5, 0.6) is 0 Å². The first-order valence-electron chi connectivity index (χ1n) is 9.73. The van der Waals surface area contributed by atoms with E-state index >= 15 is 0 Å². The summed E-state index contributed by atoms with van der Waals surface area (Å²) in [6.07, 6.45) is 2.19. The van der Waals surface area contributed by atoms with Crippen molar-refractivity contribution in [2.45, 2.75) is 39.3 Å². The maximum atomic E-state index is 3.51. The van der Waals surface area contributed by atoms with Gasteiger partial charge >= 0.3 is 0 Å². The molecule has 0 aromatic heterocycles. The highest BCUT2D eigenvalue weighted by Gasteiger charge is 2.22. The maximum absolute atomic E-state index is 3.51. The van der Waals surface area contributed by atoms with Gasteiger partial charge in [-0.1, -0.05) is 111 Å². The molecule has 0 spiro atoms. The van der Waals surface area contributed by atoms with Gasteiger partial charge in [0.1, 0.15) is 0 Å². The lowest BCUT2D eigenvalue weighted by molar-refractivity contribution is 1.58. The van der Waals surface area contributed by atoms with Crippen LogP contribution in [0.4, 0.5) is 0 Å². The van der Waals surface area contributed by atoms with Crippen molar-refractivity contribution >= 4 is 22.2 Å². The van der Waals surface area contributed by atoms with Gasteiger partial charge in [-0.2, -0.15) is 0 Å². The predicted molar refractivity (Wildman–Crippen MR) is 130 cm³/mol. The zero-order valence-electron chi connectivity index (χ0n) is 17.9. The summed E-state index contributed by atoms with van der Waals surface area (Å²) in [5, 5.41) is 1.22. The van der Waals surface area contributed by atoms with E-state index in [1.807, 2.05) is 36.4 Å². The van der Waals surface area contributed by atoms with Crippen LogP contribution in [-0.4, -0.2) is 16.1 Å². The molecule has 142 valence electrons. The minimum atomic E-state index is -1.67. The van der Waals surface area contributed by atoms with Crippen molar-refractivity contribution in [3.05, 3.63) is 99.7 Å². The fourth-order valence-corrected chi connectivity index (χ4v) is 4.43. The topological polar surface area (TPSA) is 0 Å². The second kappa shape index (κ2) is 9.60. The average molecular weight is 399 g/mol. The summed E-state index contributed by atoms with van der Waals surface area (Å²) in [6, 6.07) is 20.6. The third-order valence-electron chi connectivity index (χ3n) is 3.95. The Balaban J connectivity index is 2.67. The van der Waals surface area contributed by atoms with Gasteiger partial charge in [0.2, 0.25) is 0 Å². The molecule has 28 heavy (non-hydrogen) atoms. The molecule has 0 nitrogen and oxygen atoms in total. The average Bonchev–Trinajstić information content (AvgIpc) is 2.62. The van der Waals surface area contributed by atoms with Gasteiger partial charge in [0.05, 0.1) is 16.1 Å². The lowest BCUT2D eigenvalue weighted by atomic mass is 10.1. The summed E-state index contributed by atoms with van der Waals surface area (Å²) in [7, 11) is -2.99. The van der Waals surface area contributed by atoms with Crippen molar-refractivity contribution in [3.8, 4) is 11.8 Å². The van der Waals surface area contributed by atoms with E-state index in [0.717, 1.165) is 16.7 Å². The quantitative estimate of drug-likeness (QED) is 0.223. The number of benzene rings is 2. The van der Waals surface area contributed by atoms with Crippen LogP contribution >= 0.6 is 0 Å². The molecular weight excluding hydrogens is 368 g/mol. The van der Waals surface area contributed by atoms with Crippen LogP contribution in [0.3, 0.4) is 0 Å². The largest absolute Gasteiger partial charge is 0.0900 e. The first kappa shape index (κ1) is 21.8. The van der Waals surface area contributed by atoms with Crippen molar-refractivity contribution in [1.82, 2.24) is 0 Å². The maximum Gasteiger partial charge on any atom is 0.0900 e. The Labute approximate surface area is 173 Å². The van der Waals surface area contributed by atoms with E-state index in [-0.39, 0.29) is 0 Å². The normalized spacial score (nSPS) is 11.6. The summed E-state index contributed by atoms with van der Waals surface area (Å²) in [4.78, 5) is 0. The first-order chi connectivity index (χ1) is 13.1. The number of hydrogen-bond donors (Lipinski definition) is 0. The SMILES string of the molecule is C[Si](C)(C)C=C=C=C(C(C#Cc1ccccc1)=Cc1ccccc1)[Si](C)(C)C. The van der Waals surface area contributed by atoms with E-state index in [0.29, 0.717) is 0 Å². The Hall–Kier alpha value is -2.53. The highest BCUT2D eigenvalue weighted by molar-refractivity contribution is 6.84. The second-order valence-electron chi connectivity index (χ2n) is 8.99. The van der Waals surface area contributed by atoms with Crippen LogP contribution in [-0.2, 0) is 0 Å². The molecule has 2 aromatic carbocycles. The van der Waals surface area contributed by atoms with Crippen LogP contribution in [0, 0.1) is 11.8 Å². The van der Waals surface area contributed by atoms with Crippen LogP contribution < -0.4 is 0 Å². The van der Waals surface area contributed by atoms with Crippen LogP contribution in [0.2, 0.25) is 39.3 Å². The van der Waals surface area contributed by atoms with Gasteiger partial charge in [-0.3, -0.25) is 0 Å². The molecule has 0 aliphatic heterocycles. The predicted octanol–water partition coefficient (Wildman–Crippen LogP) is 7.11. The van der Waals surface area contributed by atoms with Gasteiger partial charge < -0.3 is 0 Å². The molecule has 2 heteroatoms. The monoisotopic (exact) mass is 398 g/mol. The first-order valence-corrected chi connectivity index (χ1v) is 16.8.